The van der Waals surface area contributed by atoms with Gasteiger partial charge < -0.3 is 0 Å². The summed E-state index contributed by atoms with van der Waals surface area (Å²) in [6.45, 7) is 0.300. The van der Waals surface area contributed by atoms with Crippen molar-refractivity contribution in [1.29, 1.82) is 0 Å². The summed E-state index contributed by atoms with van der Waals surface area (Å²) in [5, 5.41) is 10.5. The molecule has 23 heavy (non-hydrogen) atoms. The second-order valence-electron chi connectivity index (χ2n) is 5.14. The first kappa shape index (κ1) is 14.2. The van der Waals surface area contributed by atoms with Crippen LogP contribution in [0.1, 0.15) is 5.56 Å². The predicted octanol–water partition coefficient (Wildman–Crippen LogP) is 3.40. The van der Waals surface area contributed by atoms with E-state index in [-0.39, 0.29) is 5.56 Å². The molecule has 0 unspecified atom stereocenters. The lowest BCUT2D eigenvalue weighted by molar-refractivity contribution is 0.605. The number of aromatic nitrogens is 4. The first-order valence-electron chi connectivity index (χ1n) is 6.90. The highest BCUT2D eigenvalue weighted by Crippen LogP contribution is 2.22. The molecule has 0 radical (unpaired) electrons. The molecule has 0 saturated heterocycles. The van der Waals surface area contributed by atoms with Gasteiger partial charge in [-0.15, -0.1) is 10.2 Å². The Morgan fingerprint density at radius 3 is 2.61 bits per heavy atom. The number of hydrogen-bond donors (Lipinski definition) is 0. The first-order chi connectivity index (χ1) is 11.1. The van der Waals surface area contributed by atoms with Gasteiger partial charge in [0.15, 0.2) is 5.65 Å². The molecule has 4 aromatic rings. The molecule has 2 aromatic carbocycles. The van der Waals surface area contributed by atoms with E-state index in [0.29, 0.717) is 27.6 Å². The lowest BCUT2D eigenvalue weighted by Crippen LogP contribution is -2.26. The van der Waals surface area contributed by atoms with E-state index >= 15 is 0 Å². The summed E-state index contributed by atoms with van der Waals surface area (Å²) in [6, 6.07) is 12.6. The fraction of sp³-hybridized carbons (Fsp3) is 0.0625. The van der Waals surface area contributed by atoms with E-state index in [1.54, 1.807) is 27.4 Å². The molecule has 0 aliphatic rings. The first-order valence-corrected chi connectivity index (χ1v) is 7.66. The van der Waals surface area contributed by atoms with Crippen LogP contribution in [0.5, 0.6) is 0 Å². The van der Waals surface area contributed by atoms with Gasteiger partial charge in [0.25, 0.3) is 5.56 Å². The molecule has 0 amide bonds. The van der Waals surface area contributed by atoms with E-state index in [2.05, 4.69) is 10.2 Å². The van der Waals surface area contributed by atoms with Crippen LogP contribution in [0.2, 0.25) is 10.0 Å². The summed E-state index contributed by atoms with van der Waals surface area (Å²) < 4.78 is 3.21. The Kier molecular flexibility index (Phi) is 3.32. The van der Waals surface area contributed by atoms with Gasteiger partial charge in [-0.25, -0.2) is 9.20 Å². The van der Waals surface area contributed by atoms with Gasteiger partial charge in [-0.05, 0) is 23.8 Å². The minimum atomic E-state index is -0.126. The van der Waals surface area contributed by atoms with Gasteiger partial charge in [-0.3, -0.25) is 4.79 Å². The molecule has 7 heteroatoms. The van der Waals surface area contributed by atoms with Crippen molar-refractivity contribution in [2.45, 2.75) is 6.54 Å². The molecule has 0 fully saturated rings. The average Bonchev–Trinajstić information content (AvgIpc) is 3.03. The quantitative estimate of drug-likeness (QED) is 0.560. The third-order valence-electron chi connectivity index (χ3n) is 3.76. The van der Waals surface area contributed by atoms with E-state index in [0.717, 1.165) is 10.9 Å². The van der Waals surface area contributed by atoms with Crippen LogP contribution in [0.4, 0.5) is 0 Å². The second kappa shape index (κ2) is 5.37. The van der Waals surface area contributed by atoms with Gasteiger partial charge in [0, 0.05) is 15.4 Å². The van der Waals surface area contributed by atoms with Gasteiger partial charge >= 0.3 is 0 Å². The van der Waals surface area contributed by atoms with Crippen molar-refractivity contribution in [3.8, 4) is 0 Å². The van der Waals surface area contributed by atoms with Crippen molar-refractivity contribution < 1.29 is 0 Å². The molecule has 2 aromatic heterocycles. The van der Waals surface area contributed by atoms with Crippen molar-refractivity contribution >= 4 is 39.6 Å². The standard InChI is InChI=1S/C16H10Cl2N4O/c17-11-6-5-10(14(18)7-11)8-21-16(23)13-4-2-1-3-12(13)15-20-19-9-22(15)21/h1-7,9H,8H2. The normalized spacial score (nSPS) is 11.4. The molecule has 5 nitrogen and oxygen atoms in total. The van der Waals surface area contributed by atoms with Crippen LogP contribution in [0.15, 0.2) is 53.6 Å². The molecule has 2 heterocycles. The molecule has 0 aliphatic heterocycles. The molecule has 0 N–H and O–H groups in total. The van der Waals surface area contributed by atoms with Crippen LogP contribution in [-0.2, 0) is 6.54 Å². The van der Waals surface area contributed by atoms with Crippen LogP contribution in [0, 0.1) is 0 Å². The maximum atomic E-state index is 12.8. The number of nitrogens with zero attached hydrogens (tertiary/aromatic N) is 4. The summed E-state index contributed by atoms with van der Waals surface area (Å²) in [5.74, 6) is 0. The molecule has 0 spiro atoms. The van der Waals surface area contributed by atoms with Crippen molar-refractivity contribution in [2.75, 3.05) is 0 Å². The van der Waals surface area contributed by atoms with Crippen molar-refractivity contribution in [2.24, 2.45) is 0 Å². The zero-order valence-corrected chi connectivity index (χ0v) is 13.3. The minimum absolute atomic E-state index is 0.126. The topological polar surface area (TPSA) is 52.2 Å². The summed E-state index contributed by atoms with van der Waals surface area (Å²) in [7, 11) is 0. The number of hydrogen-bond acceptors (Lipinski definition) is 3. The highest BCUT2D eigenvalue weighted by Gasteiger charge is 2.13. The predicted molar refractivity (Wildman–Crippen MR) is 90.3 cm³/mol. The van der Waals surface area contributed by atoms with Crippen LogP contribution in [0.3, 0.4) is 0 Å². The minimum Gasteiger partial charge on any atom is -0.267 e. The number of rotatable bonds is 2. The highest BCUT2D eigenvalue weighted by atomic mass is 35.5. The molecule has 0 bridgehead atoms. The number of halogens is 2. The molecule has 4 rings (SSSR count). The molecular weight excluding hydrogens is 335 g/mol. The van der Waals surface area contributed by atoms with Crippen molar-refractivity contribution in [3.05, 3.63) is 74.8 Å². The van der Waals surface area contributed by atoms with E-state index in [1.165, 1.54) is 6.33 Å². The van der Waals surface area contributed by atoms with Gasteiger partial charge in [-0.1, -0.05) is 47.5 Å². The Morgan fingerprint density at radius 2 is 1.83 bits per heavy atom. The number of benzene rings is 2. The zero-order chi connectivity index (χ0) is 16.0. The van der Waals surface area contributed by atoms with Crippen molar-refractivity contribution in [1.82, 2.24) is 19.4 Å². The van der Waals surface area contributed by atoms with Gasteiger partial charge in [0.2, 0.25) is 0 Å². The molecule has 0 aliphatic carbocycles. The lowest BCUT2D eigenvalue weighted by Gasteiger charge is -2.12. The maximum absolute atomic E-state index is 12.8. The zero-order valence-electron chi connectivity index (χ0n) is 11.8. The van der Waals surface area contributed by atoms with E-state index < -0.39 is 0 Å². The monoisotopic (exact) mass is 344 g/mol. The fourth-order valence-corrected chi connectivity index (χ4v) is 3.11. The lowest BCUT2D eigenvalue weighted by atomic mass is 10.2. The van der Waals surface area contributed by atoms with Crippen LogP contribution < -0.4 is 5.56 Å². The third-order valence-corrected chi connectivity index (χ3v) is 4.35. The van der Waals surface area contributed by atoms with Crippen LogP contribution in [0.25, 0.3) is 16.4 Å². The Labute approximate surface area is 140 Å². The molecular formula is C16H10Cl2N4O. The van der Waals surface area contributed by atoms with E-state index in [1.807, 2.05) is 24.3 Å². The number of fused-ring (bicyclic) bond motifs is 3. The molecule has 0 saturated carbocycles. The smallest absolute Gasteiger partial charge is 0.267 e. The Hall–Kier alpha value is -2.37. The Morgan fingerprint density at radius 1 is 1.04 bits per heavy atom. The van der Waals surface area contributed by atoms with Gasteiger partial charge in [0.1, 0.15) is 6.33 Å². The third kappa shape index (κ3) is 2.29. The molecule has 0 atom stereocenters. The Bertz CT molecular complexity index is 1100. The van der Waals surface area contributed by atoms with E-state index in [4.69, 9.17) is 23.2 Å². The van der Waals surface area contributed by atoms with Crippen LogP contribution >= 0.6 is 23.2 Å². The van der Waals surface area contributed by atoms with Gasteiger partial charge in [0.05, 0.1) is 11.9 Å². The van der Waals surface area contributed by atoms with Crippen LogP contribution in [-0.4, -0.2) is 19.4 Å². The maximum Gasteiger partial charge on any atom is 0.273 e. The summed E-state index contributed by atoms with van der Waals surface area (Å²) >= 11 is 12.2. The Balaban J connectivity index is 2.00. The summed E-state index contributed by atoms with van der Waals surface area (Å²) in [4.78, 5) is 12.8. The van der Waals surface area contributed by atoms with Gasteiger partial charge in [-0.2, -0.15) is 0 Å². The second-order valence-corrected chi connectivity index (χ2v) is 5.99. The summed E-state index contributed by atoms with van der Waals surface area (Å²) in [6.07, 6.45) is 1.52. The molecule has 114 valence electrons. The van der Waals surface area contributed by atoms with E-state index in [9.17, 15) is 4.79 Å². The highest BCUT2D eigenvalue weighted by molar-refractivity contribution is 6.35. The summed E-state index contributed by atoms with van der Waals surface area (Å²) in [5.41, 5.74) is 1.30. The fourth-order valence-electron chi connectivity index (χ4n) is 2.64. The average molecular weight is 345 g/mol. The largest absolute Gasteiger partial charge is 0.273 e. The SMILES string of the molecule is O=c1c2ccccc2c2nncn2n1Cc1ccc(Cl)cc1Cl. The van der Waals surface area contributed by atoms with Crippen molar-refractivity contribution in [3.63, 3.8) is 0 Å².